The molecule has 0 fully saturated rings. The summed E-state index contributed by atoms with van der Waals surface area (Å²) in [6.07, 6.45) is 0. The van der Waals surface area contributed by atoms with Crippen molar-refractivity contribution in [1.29, 1.82) is 0 Å². The van der Waals surface area contributed by atoms with Crippen LogP contribution in [0.3, 0.4) is 0 Å². The molecule has 0 saturated carbocycles. The fraction of sp³-hybridized carbons (Fsp3) is 0. The van der Waals surface area contributed by atoms with Gasteiger partial charge in [-0.1, -0.05) is 297 Å². The van der Waals surface area contributed by atoms with E-state index >= 15 is 0 Å². The van der Waals surface area contributed by atoms with Crippen LogP contribution in [0, 0.1) is 0 Å². The van der Waals surface area contributed by atoms with Crippen LogP contribution in [0.1, 0.15) is 0 Å². The quantitative estimate of drug-likeness (QED) is 0.107. The van der Waals surface area contributed by atoms with Crippen molar-refractivity contribution in [2.75, 3.05) is 24.5 Å². The SMILES string of the molecule is c1ccc(-c2ccccc2N(c2ccccc2)c2cc3c4c(c2)N(c2ccccc2-c2ccccc2)c2cc5c(cc2B4c2ccccc2N3c2ccccc2-c2ccccc2)B2c3ccccc3Oc3cc(N(c4ccccc4)c4ccccc4)cc(c32)N5c2ccccc2-c2cccc3c2sc2ccccc23)cc1. The third kappa shape index (κ3) is 10.4. The molecule has 0 unspecified atom stereocenters. The fourth-order valence-electron chi connectivity index (χ4n) is 18.2. The van der Waals surface area contributed by atoms with Gasteiger partial charge in [0.05, 0.1) is 34.1 Å². The summed E-state index contributed by atoms with van der Waals surface area (Å²) in [6.45, 7) is -0.575. The lowest BCUT2D eigenvalue weighted by Crippen LogP contribution is -2.64. The molecule has 0 radical (unpaired) electrons. The van der Waals surface area contributed by atoms with Crippen molar-refractivity contribution in [3.8, 4) is 56.0 Å². The van der Waals surface area contributed by atoms with E-state index in [1.807, 2.05) is 11.3 Å². The topological polar surface area (TPSA) is 25.4 Å². The van der Waals surface area contributed by atoms with Gasteiger partial charge in [0.2, 0.25) is 0 Å². The first-order chi connectivity index (χ1) is 55.1. The van der Waals surface area contributed by atoms with Crippen LogP contribution < -0.4 is 62.0 Å². The van der Waals surface area contributed by atoms with E-state index in [2.05, 4.69) is 431 Å². The summed E-state index contributed by atoms with van der Waals surface area (Å²) in [5.41, 5.74) is 31.8. The number of rotatable bonds is 13. The first-order valence-corrected chi connectivity index (χ1v) is 38.9. The van der Waals surface area contributed by atoms with Gasteiger partial charge in [0.1, 0.15) is 11.5 Å². The molecule has 18 aromatic rings. The Morgan fingerprint density at radius 2 is 0.640 bits per heavy atom. The molecule has 4 aliphatic heterocycles. The van der Waals surface area contributed by atoms with Crippen LogP contribution in [-0.4, -0.2) is 13.4 Å². The van der Waals surface area contributed by atoms with Crippen LogP contribution in [0.15, 0.2) is 406 Å². The second-order valence-corrected chi connectivity index (χ2v) is 30.0. The number of nitrogens with zero attached hydrogens (tertiary/aromatic N) is 5. The number of anilines is 15. The zero-order valence-corrected chi connectivity index (χ0v) is 61.2. The highest BCUT2D eigenvalue weighted by molar-refractivity contribution is 7.26. The number of para-hydroxylation sites is 9. The van der Waals surface area contributed by atoms with Crippen molar-refractivity contribution in [3.63, 3.8) is 0 Å². The van der Waals surface area contributed by atoms with Gasteiger partial charge in [-0.3, -0.25) is 0 Å². The van der Waals surface area contributed by atoms with Crippen LogP contribution in [0.5, 0.6) is 11.5 Å². The molecule has 22 rings (SSSR count). The standard InChI is InChI=1S/C102H67B2N5OS/c1-7-34-68(35-8-1)76-46-19-26-55-87(76)106(73-44-17-6-18-45-73)74-62-94-100-95(63-74)108(89-57-28-21-48-78(89)70-38-11-3-12-39-70)92-67-93-86(66-85(92)103(100)83-53-24-30-59-91(83)107(94)88-56-27-20-47-77(88)69-36-9-2-10-37-69)104-84-54-25-31-60-97(84)110-98-65-75(105(71-40-13-4-14-41-71)72-42-15-5-16-43-72)64-96(101(98)104)109(93)90-58-29-22-49-79(90)81-51-33-52-82-80-50-23-32-61-99(80)111-102(81)82/h1-67H. The minimum Gasteiger partial charge on any atom is -0.458 e. The average Bonchev–Trinajstić information content (AvgIpc) is 1.24. The summed E-state index contributed by atoms with van der Waals surface area (Å²) in [6, 6.07) is 150. The number of fused-ring (bicyclic) bond motifs is 11. The van der Waals surface area contributed by atoms with Crippen molar-refractivity contribution < 1.29 is 4.74 Å². The first kappa shape index (κ1) is 64.1. The number of ether oxygens (including phenoxy) is 1. The molecule has 17 aromatic carbocycles. The van der Waals surface area contributed by atoms with Gasteiger partial charge in [-0.2, -0.15) is 0 Å². The molecular weight excluding hydrogens is 1360 g/mol. The van der Waals surface area contributed by atoms with Crippen molar-refractivity contribution in [2.45, 2.75) is 0 Å². The maximum Gasteiger partial charge on any atom is 0.256 e. The molecule has 0 amide bonds. The van der Waals surface area contributed by atoms with E-state index in [-0.39, 0.29) is 13.4 Å². The molecule has 4 aliphatic rings. The molecule has 111 heavy (non-hydrogen) atoms. The number of thiophene rings is 1. The van der Waals surface area contributed by atoms with E-state index in [1.165, 1.54) is 47.6 Å². The molecule has 0 atom stereocenters. The maximum absolute atomic E-state index is 7.55. The van der Waals surface area contributed by atoms with Gasteiger partial charge in [0, 0.05) is 105 Å². The summed E-state index contributed by atoms with van der Waals surface area (Å²) in [4.78, 5) is 12.7. The maximum atomic E-state index is 7.55. The zero-order valence-electron chi connectivity index (χ0n) is 60.4. The van der Waals surface area contributed by atoms with Gasteiger partial charge < -0.3 is 29.2 Å². The molecule has 0 N–H and O–H groups in total. The van der Waals surface area contributed by atoms with E-state index in [9.17, 15) is 0 Å². The second kappa shape index (κ2) is 26.4. The Bertz CT molecular complexity index is 6640. The van der Waals surface area contributed by atoms with E-state index in [1.54, 1.807) is 0 Å². The van der Waals surface area contributed by atoms with Gasteiger partial charge >= 0.3 is 0 Å². The first-order valence-electron chi connectivity index (χ1n) is 38.1. The molecule has 518 valence electrons. The van der Waals surface area contributed by atoms with E-state index in [4.69, 9.17) is 4.74 Å². The summed E-state index contributed by atoms with van der Waals surface area (Å²) in [5.74, 6) is 1.65. The largest absolute Gasteiger partial charge is 0.458 e. The molecule has 9 heteroatoms. The second-order valence-electron chi connectivity index (χ2n) is 28.9. The zero-order chi connectivity index (χ0) is 73.0. The van der Waals surface area contributed by atoms with Crippen molar-refractivity contribution in [3.05, 3.63) is 406 Å². The van der Waals surface area contributed by atoms with E-state index in [0.717, 1.165) is 147 Å². The summed E-state index contributed by atoms with van der Waals surface area (Å²) < 4.78 is 10.1. The summed E-state index contributed by atoms with van der Waals surface area (Å²) >= 11 is 1.87. The molecule has 0 aliphatic carbocycles. The molecule has 5 heterocycles. The van der Waals surface area contributed by atoms with E-state index in [0.29, 0.717) is 0 Å². The van der Waals surface area contributed by atoms with Crippen LogP contribution in [0.4, 0.5) is 85.3 Å². The molecule has 0 bridgehead atoms. The Hall–Kier alpha value is -14.1. The Morgan fingerprint density at radius 3 is 1.23 bits per heavy atom. The Labute approximate surface area is 650 Å². The highest BCUT2D eigenvalue weighted by Gasteiger charge is 2.49. The normalized spacial score (nSPS) is 12.7. The molecule has 1 aromatic heterocycles. The van der Waals surface area contributed by atoms with Gasteiger partial charge in [-0.05, 0) is 153 Å². The van der Waals surface area contributed by atoms with Gasteiger partial charge in [0.15, 0.2) is 0 Å². The van der Waals surface area contributed by atoms with Crippen LogP contribution in [0.25, 0.3) is 64.7 Å². The lowest BCUT2D eigenvalue weighted by molar-refractivity contribution is 0.487. The van der Waals surface area contributed by atoms with Gasteiger partial charge in [-0.15, -0.1) is 11.3 Å². The number of hydrogen-bond donors (Lipinski definition) is 0. The van der Waals surface area contributed by atoms with Crippen molar-refractivity contribution >= 4 is 163 Å². The molecule has 6 nitrogen and oxygen atoms in total. The Kier molecular flexibility index (Phi) is 15.2. The van der Waals surface area contributed by atoms with Crippen molar-refractivity contribution in [2.24, 2.45) is 0 Å². The van der Waals surface area contributed by atoms with Gasteiger partial charge in [-0.25, -0.2) is 0 Å². The minimum atomic E-state index is -0.294. The molecule has 0 spiro atoms. The summed E-state index contributed by atoms with van der Waals surface area (Å²) in [7, 11) is 0. The lowest BCUT2D eigenvalue weighted by atomic mass is 9.30. The predicted molar refractivity (Wildman–Crippen MR) is 470 cm³/mol. The fourth-order valence-corrected chi connectivity index (χ4v) is 19.4. The third-order valence-electron chi connectivity index (χ3n) is 22.8. The summed E-state index contributed by atoms with van der Waals surface area (Å²) in [5, 5.41) is 2.51. The average molecular weight is 1430 g/mol. The monoisotopic (exact) mass is 1430 g/mol. The lowest BCUT2D eigenvalue weighted by Gasteiger charge is -2.47. The van der Waals surface area contributed by atoms with Crippen LogP contribution >= 0.6 is 11.3 Å². The van der Waals surface area contributed by atoms with Crippen LogP contribution in [0.2, 0.25) is 0 Å². The Balaban J connectivity index is 0.890. The van der Waals surface area contributed by atoms with Gasteiger partial charge in [0.25, 0.3) is 13.4 Å². The van der Waals surface area contributed by atoms with Crippen LogP contribution in [-0.2, 0) is 0 Å². The van der Waals surface area contributed by atoms with Crippen molar-refractivity contribution in [1.82, 2.24) is 0 Å². The molecule has 0 saturated heterocycles. The highest BCUT2D eigenvalue weighted by atomic mass is 32.1. The highest BCUT2D eigenvalue weighted by Crippen LogP contribution is 2.56. The molecular formula is C102H67B2N5OS. The minimum absolute atomic E-state index is 0.281. The number of hydrogen-bond acceptors (Lipinski definition) is 7. The Morgan fingerprint density at radius 1 is 0.234 bits per heavy atom. The predicted octanol–water partition coefficient (Wildman–Crippen LogP) is 24.1. The number of benzene rings is 17. The smallest absolute Gasteiger partial charge is 0.256 e. The van der Waals surface area contributed by atoms with E-state index < -0.39 is 0 Å². The third-order valence-corrected chi connectivity index (χ3v) is 24.1.